The molecule has 0 aromatic heterocycles. The number of carboxylic acids is 1. The van der Waals surface area contributed by atoms with Crippen molar-refractivity contribution < 1.29 is 24.9 Å². The van der Waals surface area contributed by atoms with Crippen LogP contribution in [0.1, 0.15) is 10.4 Å². The molecule has 0 aliphatic rings. The molecule has 1 atom stereocenters. The van der Waals surface area contributed by atoms with E-state index in [1.807, 2.05) is 0 Å². The number of aliphatic hydroxyl groups is 2. The van der Waals surface area contributed by atoms with Gasteiger partial charge in [0.05, 0.1) is 35.5 Å². The summed E-state index contributed by atoms with van der Waals surface area (Å²) < 4.78 is 0. The van der Waals surface area contributed by atoms with Gasteiger partial charge >= 0.3 is 5.97 Å². The quantitative estimate of drug-likeness (QED) is 0.481. The van der Waals surface area contributed by atoms with Gasteiger partial charge in [0.15, 0.2) is 0 Å². The number of halogens is 1. The van der Waals surface area contributed by atoms with E-state index >= 15 is 0 Å². The maximum absolute atomic E-state index is 11.6. The molecule has 1 aromatic carbocycles. The van der Waals surface area contributed by atoms with Crippen LogP contribution in [0.25, 0.3) is 0 Å². The molecule has 0 saturated heterocycles. The fourth-order valence-electron chi connectivity index (χ4n) is 1.37. The summed E-state index contributed by atoms with van der Waals surface area (Å²) in [6.07, 6.45) is -0.943. The molecular weight excluding hydrogens is 288 g/mol. The number of aromatic carboxylic acids is 1. The van der Waals surface area contributed by atoms with Crippen LogP contribution in [0.2, 0.25) is 5.02 Å². The molecule has 0 aliphatic heterocycles. The zero-order valence-electron chi connectivity index (χ0n) is 10.5. The van der Waals surface area contributed by atoms with Gasteiger partial charge in [-0.25, -0.2) is 4.79 Å². The highest BCUT2D eigenvalue weighted by Crippen LogP contribution is 2.22. The molecule has 1 unspecified atom stereocenters. The van der Waals surface area contributed by atoms with Crippen LogP contribution in [-0.4, -0.2) is 53.0 Å². The Morgan fingerprint density at radius 2 is 2.05 bits per heavy atom. The average molecular weight is 303 g/mol. The first-order valence-electron chi connectivity index (χ1n) is 5.76. The molecule has 0 radical (unpaired) electrons. The number of anilines is 1. The Morgan fingerprint density at radius 3 is 2.65 bits per heavy atom. The Bertz CT molecular complexity index is 495. The molecule has 0 aliphatic carbocycles. The lowest BCUT2D eigenvalue weighted by Gasteiger charge is -2.10. The van der Waals surface area contributed by atoms with Crippen LogP contribution in [-0.2, 0) is 4.79 Å². The second-order valence-electron chi connectivity index (χ2n) is 4.02. The van der Waals surface area contributed by atoms with Crippen molar-refractivity contribution in [3.63, 3.8) is 0 Å². The number of hydrogen-bond donors (Lipinski definition) is 5. The lowest BCUT2D eigenvalue weighted by Crippen LogP contribution is -2.35. The van der Waals surface area contributed by atoms with Gasteiger partial charge in [-0.1, -0.05) is 11.6 Å². The predicted molar refractivity (Wildman–Crippen MR) is 73.0 cm³/mol. The summed E-state index contributed by atoms with van der Waals surface area (Å²) in [5, 5.41) is 31.8. The van der Waals surface area contributed by atoms with Gasteiger partial charge < -0.3 is 26.0 Å². The highest BCUT2D eigenvalue weighted by Gasteiger charge is 2.10. The van der Waals surface area contributed by atoms with E-state index in [4.69, 9.17) is 26.9 Å². The van der Waals surface area contributed by atoms with Crippen LogP contribution in [0.4, 0.5) is 5.69 Å². The van der Waals surface area contributed by atoms with Crippen molar-refractivity contribution in [2.75, 3.05) is 25.0 Å². The van der Waals surface area contributed by atoms with Crippen LogP contribution in [0.3, 0.4) is 0 Å². The van der Waals surface area contributed by atoms with Gasteiger partial charge in [-0.05, 0) is 18.2 Å². The maximum atomic E-state index is 11.6. The Morgan fingerprint density at radius 1 is 1.35 bits per heavy atom. The van der Waals surface area contributed by atoms with E-state index in [9.17, 15) is 9.59 Å². The number of carboxylic acid groups (broad SMARTS) is 1. The van der Waals surface area contributed by atoms with Gasteiger partial charge in [-0.2, -0.15) is 0 Å². The van der Waals surface area contributed by atoms with E-state index in [0.717, 1.165) is 0 Å². The van der Waals surface area contributed by atoms with Crippen molar-refractivity contribution in [2.24, 2.45) is 0 Å². The first-order chi connectivity index (χ1) is 9.43. The Balaban J connectivity index is 2.57. The van der Waals surface area contributed by atoms with Gasteiger partial charge in [-0.3, -0.25) is 4.79 Å². The number of benzene rings is 1. The number of nitrogens with one attached hydrogen (secondary N) is 2. The van der Waals surface area contributed by atoms with Gasteiger partial charge in [-0.15, -0.1) is 0 Å². The summed E-state index contributed by atoms with van der Waals surface area (Å²) in [6, 6.07) is 3.96. The topological polar surface area (TPSA) is 119 Å². The number of hydrogen-bond acceptors (Lipinski definition) is 5. The lowest BCUT2D eigenvalue weighted by molar-refractivity contribution is -0.115. The van der Waals surface area contributed by atoms with Crippen molar-refractivity contribution in [3.8, 4) is 0 Å². The van der Waals surface area contributed by atoms with Gasteiger partial charge in [0.25, 0.3) is 0 Å². The van der Waals surface area contributed by atoms with Crippen LogP contribution >= 0.6 is 11.6 Å². The lowest BCUT2D eigenvalue weighted by atomic mass is 10.2. The van der Waals surface area contributed by atoms with E-state index in [0.29, 0.717) is 0 Å². The monoisotopic (exact) mass is 302 g/mol. The summed E-state index contributed by atoms with van der Waals surface area (Å²) in [5.74, 6) is -1.57. The summed E-state index contributed by atoms with van der Waals surface area (Å²) in [7, 11) is 0. The first kappa shape index (κ1) is 16.4. The van der Waals surface area contributed by atoms with E-state index < -0.39 is 24.6 Å². The molecule has 5 N–H and O–H groups in total. The second-order valence-corrected chi connectivity index (χ2v) is 4.42. The Hall–Kier alpha value is -1.67. The molecule has 1 aromatic rings. The molecule has 20 heavy (non-hydrogen) atoms. The van der Waals surface area contributed by atoms with Crippen LogP contribution in [0.15, 0.2) is 18.2 Å². The zero-order chi connectivity index (χ0) is 15.1. The minimum Gasteiger partial charge on any atom is -0.478 e. The Kier molecular flexibility index (Phi) is 6.40. The molecule has 1 amide bonds. The van der Waals surface area contributed by atoms with E-state index in [2.05, 4.69) is 10.6 Å². The number of amides is 1. The highest BCUT2D eigenvalue weighted by molar-refractivity contribution is 6.33. The van der Waals surface area contributed by atoms with Crippen LogP contribution in [0.5, 0.6) is 0 Å². The molecule has 110 valence electrons. The first-order valence-corrected chi connectivity index (χ1v) is 6.14. The SMILES string of the molecule is O=C(CNCC(O)CO)Nc1cc(C(=O)O)ccc1Cl. The van der Waals surface area contributed by atoms with Crippen molar-refractivity contribution in [2.45, 2.75) is 6.10 Å². The van der Waals surface area contributed by atoms with Gasteiger partial charge in [0.2, 0.25) is 5.91 Å². The number of aliphatic hydroxyl groups excluding tert-OH is 2. The summed E-state index contributed by atoms with van der Waals surface area (Å²) in [4.78, 5) is 22.4. The summed E-state index contributed by atoms with van der Waals surface area (Å²) in [6.45, 7) is -0.446. The number of carbonyl (C=O) groups is 2. The molecular formula is C12H15ClN2O5. The number of rotatable bonds is 7. The molecule has 0 spiro atoms. The zero-order valence-corrected chi connectivity index (χ0v) is 11.2. The maximum Gasteiger partial charge on any atom is 0.335 e. The van der Waals surface area contributed by atoms with E-state index in [-0.39, 0.29) is 29.4 Å². The van der Waals surface area contributed by atoms with Crippen molar-refractivity contribution >= 4 is 29.2 Å². The average Bonchev–Trinajstić information content (AvgIpc) is 2.40. The third kappa shape index (κ3) is 5.14. The molecule has 0 fully saturated rings. The van der Waals surface area contributed by atoms with Crippen molar-refractivity contribution in [3.05, 3.63) is 28.8 Å². The normalized spacial score (nSPS) is 11.9. The van der Waals surface area contributed by atoms with E-state index in [1.54, 1.807) is 0 Å². The van der Waals surface area contributed by atoms with Crippen molar-refractivity contribution in [1.29, 1.82) is 0 Å². The van der Waals surface area contributed by atoms with Crippen LogP contribution < -0.4 is 10.6 Å². The fourth-order valence-corrected chi connectivity index (χ4v) is 1.53. The third-order valence-corrected chi connectivity index (χ3v) is 2.69. The van der Waals surface area contributed by atoms with Crippen molar-refractivity contribution in [1.82, 2.24) is 5.32 Å². The van der Waals surface area contributed by atoms with Gasteiger partial charge in [0, 0.05) is 6.54 Å². The minimum atomic E-state index is -1.12. The second kappa shape index (κ2) is 7.81. The third-order valence-electron chi connectivity index (χ3n) is 2.36. The largest absolute Gasteiger partial charge is 0.478 e. The molecule has 0 bridgehead atoms. The fraction of sp³-hybridized carbons (Fsp3) is 0.333. The van der Waals surface area contributed by atoms with Crippen LogP contribution in [0, 0.1) is 0 Å². The summed E-state index contributed by atoms with van der Waals surface area (Å²) in [5.41, 5.74) is 0.203. The predicted octanol–water partition coefficient (Wildman–Crippen LogP) is -0.0805. The standard InChI is InChI=1S/C12H15ClN2O5/c13-9-2-1-7(12(19)20)3-10(9)15-11(18)5-14-4-8(17)6-16/h1-3,8,14,16-17H,4-6H2,(H,15,18)(H,19,20). The minimum absolute atomic E-state index is 0.00774. The summed E-state index contributed by atoms with van der Waals surface area (Å²) >= 11 is 5.85. The molecule has 0 saturated carbocycles. The van der Waals surface area contributed by atoms with E-state index in [1.165, 1.54) is 18.2 Å². The highest BCUT2D eigenvalue weighted by atomic mass is 35.5. The molecule has 7 nitrogen and oxygen atoms in total. The smallest absolute Gasteiger partial charge is 0.335 e. The molecule has 8 heteroatoms. The Labute approximate surface area is 120 Å². The number of carbonyl (C=O) groups excluding carboxylic acids is 1. The molecule has 0 heterocycles. The van der Waals surface area contributed by atoms with Gasteiger partial charge in [0.1, 0.15) is 0 Å². The molecule has 1 rings (SSSR count).